The first-order chi connectivity index (χ1) is 12.1. The number of aryl methyl sites for hydroxylation is 2. The van der Waals surface area contributed by atoms with E-state index in [1.54, 1.807) is 10.7 Å². The highest BCUT2D eigenvalue weighted by Crippen LogP contribution is 2.31. The third-order valence-corrected chi connectivity index (χ3v) is 6.34. The molecule has 1 aromatic heterocycles. The molecule has 0 bridgehead atoms. The first-order valence-electron chi connectivity index (χ1n) is 9.99. The number of hydrogen-bond acceptors (Lipinski definition) is 3. The molecular weight excluding hydrogens is 314 g/mol. The Labute approximate surface area is 149 Å². The van der Waals surface area contributed by atoms with Crippen molar-refractivity contribution in [2.24, 2.45) is 17.8 Å². The summed E-state index contributed by atoms with van der Waals surface area (Å²) in [5, 5.41) is 4.60. The minimum atomic E-state index is 0.0201. The summed E-state index contributed by atoms with van der Waals surface area (Å²) in [4.78, 5) is 26.9. The molecule has 0 aromatic carbocycles. The molecule has 1 aromatic rings. The number of carbonyl (C=O) groups excluding carboxylic acids is 1. The lowest BCUT2D eigenvalue weighted by Gasteiger charge is -2.42. The zero-order chi connectivity index (χ0) is 17.4. The van der Waals surface area contributed by atoms with E-state index in [1.807, 2.05) is 4.90 Å². The van der Waals surface area contributed by atoms with Crippen molar-refractivity contribution in [1.82, 2.24) is 14.7 Å². The summed E-state index contributed by atoms with van der Waals surface area (Å²) >= 11 is 0. The number of carbonyl (C=O) groups is 1. The predicted octanol–water partition coefficient (Wildman–Crippen LogP) is 2.41. The standard InChI is InChI=1S/C20H29N3O2/c1-14-6-8-16(9-7-14)20(25)22-11-15(12-22)13-23-19(24)10-17-4-2-3-5-18(17)21-23/h10,14-16H,2-9,11-13H2,1H3. The van der Waals surface area contributed by atoms with Crippen molar-refractivity contribution in [3.8, 4) is 0 Å². The van der Waals surface area contributed by atoms with Crippen molar-refractivity contribution in [3.63, 3.8) is 0 Å². The van der Waals surface area contributed by atoms with Crippen molar-refractivity contribution in [2.75, 3.05) is 13.1 Å². The van der Waals surface area contributed by atoms with Gasteiger partial charge < -0.3 is 4.90 Å². The molecule has 0 spiro atoms. The second-order valence-corrected chi connectivity index (χ2v) is 8.41. The largest absolute Gasteiger partial charge is 0.342 e. The molecule has 2 aliphatic carbocycles. The van der Waals surface area contributed by atoms with Crippen molar-refractivity contribution in [2.45, 2.75) is 64.8 Å². The Bertz CT molecular complexity index is 697. The molecule has 1 aliphatic heterocycles. The van der Waals surface area contributed by atoms with Crippen molar-refractivity contribution in [1.29, 1.82) is 0 Å². The highest BCUT2D eigenvalue weighted by molar-refractivity contribution is 5.79. The van der Waals surface area contributed by atoms with Crippen LogP contribution in [-0.4, -0.2) is 33.7 Å². The average Bonchev–Trinajstić information content (AvgIpc) is 2.58. The number of rotatable bonds is 3. The van der Waals surface area contributed by atoms with Gasteiger partial charge in [0.25, 0.3) is 5.56 Å². The zero-order valence-electron chi connectivity index (χ0n) is 15.2. The molecule has 1 saturated heterocycles. The van der Waals surface area contributed by atoms with Crippen LogP contribution in [0.5, 0.6) is 0 Å². The van der Waals surface area contributed by atoms with E-state index in [9.17, 15) is 9.59 Å². The molecule has 1 saturated carbocycles. The summed E-state index contributed by atoms with van der Waals surface area (Å²) in [5.41, 5.74) is 2.27. The Kier molecular flexibility index (Phi) is 4.65. The molecule has 5 heteroatoms. The second-order valence-electron chi connectivity index (χ2n) is 8.41. The first kappa shape index (κ1) is 16.8. The van der Waals surface area contributed by atoms with Gasteiger partial charge in [0.1, 0.15) is 0 Å². The average molecular weight is 343 g/mol. The van der Waals surface area contributed by atoms with Crippen LogP contribution in [0.4, 0.5) is 0 Å². The van der Waals surface area contributed by atoms with Crippen LogP contribution in [0.2, 0.25) is 0 Å². The number of aromatic nitrogens is 2. The van der Waals surface area contributed by atoms with Gasteiger partial charge in [0.15, 0.2) is 0 Å². The van der Waals surface area contributed by atoms with E-state index in [0.717, 1.165) is 62.4 Å². The summed E-state index contributed by atoms with van der Waals surface area (Å²) in [6, 6.07) is 1.78. The van der Waals surface area contributed by atoms with Gasteiger partial charge in [0.05, 0.1) is 12.2 Å². The van der Waals surface area contributed by atoms with Gasteiger partial charge in [0, 0.05) is 31.0 Å². The Morgan fingerprint density at radius 2 is 1.88 bits per heavy atom. The quantitative estimate of drug-likeness (QED) is 0.847. The maximum Gasteiger partial charge on any atom is 0.267 e. The van der Waals surface area contributed by atoms with Gasteiger partial charge >= 0.3 is 0 Å². The minimum absolute atomic E-state index is 0.0201. The smallest absolute Gasteiger partial charge is 0.267 e. The summed E-state index contributed by atoms with van der Waals surface area (Å²) in [7, 11) is 0. The Hall–Kier alpha value is -1.65. The van der Waals surface area contributed by atoms with Gasteiger partial charge in [-0.2, -0.15) is 5.10 Å². The lowest BCUT2D eigenvalue weighted by atomic mass is 9.81. The minimum Gasteiger partial charge on any atom is -0.342 e. The van der Waals surface area contributed by atoms with Gasteiger partial charge in [-0.1, -0.05) is 6.92 Å². The molecule has 0 unspecified atom stereocenters. The van der Waals surface area contributed by atoms with Crippen molar-refractivity contribution in [3.05, 3.63) is 27.7 Å². The topological polar surface area (TPSA) is 55.2 Å². The van der Waals surface area contributed by atoms with E-state index in [-0.39, 0.29) is 11.5 Å². The molecule has 0 radical (unpaired) electrons. The van der Waals surface area contributed by atoms with Gasteiger partial charge in [-0.15, -0.1) is 0 Å². The van der Waals surface area contributed by atoms with E-state index in [4.69, 9.17) is 0 Å². The third-order valence-electron chi connectivity index (χ3n) is 6.34. The van der Waals surface area contributed by atoms with Gasteiger partial charge in [-0.3, -0.25) is 9.59 Å². The third kappa shape index (κ3) is 3.51. The lowest BCUT2D eigenvalue weighted by molar-refractivity contribution is -0.143. The van der Waals surface area contributed by atoms with Gasteiger partial charge in [-0.05, 0) is 62.8 Å². The fourth-order valence-corrected chi connectivity index (χ4v) is 4.61. The predicted molar refractivity (Wildman–Crippen MR) is 96.3 cm³/mol. The molecule has 3 aliphatic rings. The summed E-state index contributed by atoms with van der Waals surface area (Å²) in [6.45, 7) is 4.51. The SMILES string of the molecule is CC1CCC(C(=O)N2CC(Cn3nc4c(cc3=O)CCCC4)C2)CC1. The second kappa shape index (κ2) is 6.93. The maximum absolute atomic E-state index is 12.6. The highest BCUT2D eigenvalue weighted by Gasteiger charge is 2.36. The Morgan fingerprint density at radius 3 is 2.64 bits per heavy atom. The molecule has 136 valence electrons. The fraction of sp³-hybridized carbons (Fsp3) is 0.750. The van der Waals surface area contributed by atoms with E-state index in [2.05, 4.69) is 12.0 Å². The van der Waals surface area contributed by atoms with Crippen LogP contribution in [0, 0.1) is 17.8 Å². The van der Waals surface area contributed by atoms with Crippen molar-refractivity contribution >= 4 is 5.91 Å². The monoisotopic (exact) mass is 343 g/mol. The van der Waals surface area contributed by atoms with Gasteiger partial charge in [-0.25, -0.2) is 4.68 Å². The fourth-order valence-electron chi connectivity index (χ4n) is 4.61. The van der Waals surface area contributed by atoms with Gasteiger partial charge in [0.2, 0.25) is 5.91 Å². The normalized spacial score (nSPS) is 26.8. The molecule has 2 heterocycles. The molecule has 5 nitrogen and oxygen atoms in total. The molecule has 1 amide bonds. The van der Waals surface area contributed by atoms with Crippen LogP contribution in [0.25, 0.3) is 0 Å². The van der Waals surface area contributed by atoms with Crippen LogP contribution in [0.1, 0.15) is 56.7 Å². The van der Waals surface area contributed by atoms with E-state index >= 15 is 0 Å². The first-order valence-corrected chi connectivity index (χ1v) is 9.99. The summed E-state index contributed by atoms with van der Waals surface area (Å²) in [5.74, 6) is 1.73. The van der Waals surface area contributed by atoms with Crippen LogP contribution < -0.4 is 5.56 Å². The van der Waals surface area contributed by atoms with Crippen LogP contribution >= 0.6 is 0 Å². The summed E-state index contributed by atoms with van der Waals surface area (Å²) in [6.07, 6.45) is 8.78. The maximum atomic E-state index is 12.6. The molecular formula is C20H29N3O2. The van der Waals surface area contributed by atoms with Crippen LogP contribution in [-0.2, 0) is 24.2 Å². The lowest BCUT2D eigenvalue weighted by Crippen LogP contribution is -2.54. The number of nitrogens with zero attached hydrogens (tertiary/aromatic N) is 3. The Morgan fingerprint density at radius 1 is 1.16 bits per heavy atom. The molecule has 4 rings (SSSR count). The zero-order valence-corrected chi connectivity index (χ0v) is 15.2. The van der Waals surface area contributed by atoms with Crippen LogP contribution in [0.15, 0.2) is 10.9 Å². The Balaban J connectivity index is 1.33. The molecule has 0 atom stereocenters. The highest BCUT2D eigenvalue weighted by atomic mass is 16.2. The number of likely N-dealkylation sites (tertiary alicyclic amines) is 1. The summed E-state index contributed by atoms with van der Waals surface area (Å²) < 4.78 is 1.64. The van der Waals surface area contributed by atoms with Crippen LogP contribution in [0.3, 0.4) is 0 Å². The number of fused-ring (bicyclic) bond motifs is 1. The van der Waals surface area contributed by atoms with E-state index in [0.29, 0.717) is 18.4 Å². The van der Waals surface area contributed by atoms with E-state index in [1.165, 1.54) is 19.3 Å². The number of amides is 1. The van der Waals surface area contributed by atoms with Crippen molar-refractivity contribution < 1.29 is 4.79 Å². The van der Waals surface area contributed by atoms with E-state index < -0.39 is 0 Å². The molecule has 0 N–H and O–H groups in total. The molecule has 25 heavy (non-hydrogen) atoms. The molecule has 2 fully saturated rings. The number of hydrogen-bond donors (Lipinski definition) is 0.